The lowest BCUT2D eigenvalue weighted by Gasteiger charge is -2.30. The van der Waals surface area contributed by atoms with Crippen molar-refractivity contribution in [2.75, 3.05) is 13.1 Å². The highest BCUT2D eigenvalue weighted by molar-refractivity contribution is 5.28. The Kier molecular flexibility index (Phi) is 4.19. The average molecular weight is 258 g/mol. The molecule has 1 saturated carbocycles. The van der Waals surface area contributed by atoms with Crippen molar-refractivity contribution in [3.05, 3.63) is 35.4 Å². The van der Waals surface area contributed by atoms with Gasteiger partial charge >= 0.3 is 0 Å². The molecule has 1 fully saturated rings. The van der Waals surface area contributed by atoms with E-state index < -0.39 is 0 Å². The molecule has 3 rings (SSSR count). The molecule has 1 heterocycles. The van der Waals surface area contributed by atoms with E-state index in [1.165, 1.54) is 45.2 Å². The van der Waals surface area contributed by atoms with Crippen LogP contribution in [0, 0.1) is 0 Å². The first kappa shape index (κ1) is 13.1. The summed E-state index contributed by atoms with van der Waals surface area (Å²) in [5, 5.41) is 3.71. The molecule has 1 aromatic carbocycles. The van der Waals surface area contributed by atoms with Gasteiger partial charge in [0, 0.05) is 25.2 Å². The van der Waals surface area contributed by atoms with Crippen LogP contribution in [-0.4, -0.2) is 30.1 Å². The van der Waals surface area contributed by atoms with Gasteiger partial charge in [0.1, 0.15) is 0 Å². The van der Waals surface area contributed by atoms with Crippen LogP contribution in [0.3, 0.4) is 0 Å². The Morgan fingerprint density at radius 1 is 1.26 bits per heavy atom. The second-order valence-corrected chi connectivity index (χ2v) is 6.09. The van der Waals surface area contributed by atoms with Gasteiger partial charge < -0.3 is 5.32 Å². The van der Waals surface area contributed by atoms with Crippen LogP contribution in [0.2, 0.25) is 0 Å². The predicted octanol–water partition coefficient (Wildman–Crippen LogP) is 2.97. The zero-order valence-electron chi connectivity index (χ0n) is 12.1. The minimum absolute atomic E-state index is 0.701. The summed E-state index contributed by atoms with van der Waals surface area (Å²) in [6, 6.07) is 10.5. The molecule has 2 aliphatic rings. The molecule has 0 spiro atoms. The fourth-order valence-electron chi connectivity index (χ4n) is 3.16. The number of nitrogens with zero attached hydrogens (tertiary/aromatic N) is 1. The van der Waals surface area contributed by atoms with E-state index in [9.17, 15) is 0 Å². The van der Waals surface area contributed by atoms with Gasteiger partial charge in [0.15, 0.2) is 0 Å². The molecule has 19 heavy (non-hydrogen) atoms. The van der Waals surface area contributed by atoms with Gasteiger partial charge in [-0.3, -0.25) is 4.90 Å². The Morgan fingerprint density at radius 3 is 2.79 bits per heavy atom. The van der Waals surface area contributed by atoms with Crippen molar-refractivity contribution >= 4 is 0 Å². The van der Waals surface area contributed by atoms with Crippen molar-refractivity contribution in [3.8, 4) is 0 Å². The lowest BCUT2D eigenvalue weighted by molar-refractivity contribution is 0.180. The topological polar surface area (TPSA) is 15.3 Å². The van der Waals surface area contributed by atoms with E-state index >= 15 is 0 Å². The van der Waals surface area contributed by atoms with Crippen LogP contribution in [0.5, 0.6) is 0 Å². The number of rotatable bonds is 5. The third kappa shape index (κ3) is 3.37. The largest absolute Gasteiger partial charge is 0.312 e. The van der Waals surface area contributed by atoms with Crippen molar-refractivity contribution in [1.82, 2.24) is 10.2 Å². The van der Waals surface area contributed by atoms with Crippen molar-refractivity contribution in [1.29, 1.82) is 0 Å². The SMILES string of the molecule is CCC(CNC1CC1)N1CCCc2ccccc2C1. The molecule has 0 saturated heterocycles. The van der Waals surface area contributed by atoms with E-state index in [0.717, 1.165) is 12.6 Å². The number of aryl methyl sites for hydroxylation is 1. The lowest BCUT2D eigenvalue weighted by Crippen LogP contribution is -2.42. The zero-order chi connectivity index (χ0) is 13.1. The molecule has 2 nitrogen and oxygen atoms in total. The summed E-state index contributed by atoms with van der Waals surface area (Å²) < 4.78 is 0. The Hall–Kier alpha value is -0.860. The van der Waals surface area contributed by atoms with Gasteiger partial charge in [0.25, 0.3) is 0 Å². The molecule has 0 amide bonds. The van der Waals surface area contributed by atoms with E-state index in [-0.39, 0.29) is 0 Å². The van der Waals surface area contributed by atoms with Crippen molar-refractivity contribution in [3.63, 3.8) is 0 Å². The highest BCUT2D eigenvalue weighted by Gasteiger charge is 2.25. The van der Waals surface area contributed by atoms with E-state index in [1.807, 2.05) is 0 Å². The van der Waals surface area contributed by atoms with Crippen LogP contribution in [0.15, 0.2) is 24.3 Å². The Morgan fingerprint density at radius 2 is 2.05 bits per heavy atom. The minimum Gasteiger partial charge on any atom is -0.312 e. The number of hydrogen-bond donors (Lipinski definition) is 1. The fraction of sp³-hybridized carbons (Fsp3) is 0.647. The highest BCUT2D eigenvalue weighted by Crippen LogP contribution is 2.22. The number of hydrogen-bond acceptors (Lipinski definition) is 2. The molecule has 1 aromatic rings. The molecule has 0 bridgehead atoms. The maximum absolute atomic E-state index is 3.71. The van der Waals surface area contributed by atoms with Crippen molar-refractivity contribution in [2.24, 2.45) is 0 Å². The fourth-order valence-corrected chi connectivity index (χ4v) is 3.16. The van der Waals surface area contributed by atoms with Gasteiger partial charge in [-0.2, -0.15) is 0 Å². The van der Waals surface area contributed by atoms with Crippen LogP contribution in [0.25, 0.3) is 0 Å². The number of fused-ring (bicyclic) bond motifs is 1. The zero-order valence-corrected chi connectivity index (χ0v) is 12.1. The molecule has 0 radical (unpaired) electrons. The summed E-state index contributed by atoms with van der Waals surface area (Å²) in [6.07, 6.45) is 6.58. The average Bonchev–Trinajstić information content (AvgIpc) is 3.25. The summed E-state index contributed by atoms with van der Waals surface area (Å²) in [4.78, 5) is 2.70. The van der Waals surface area contributed by atoms with Gasteiger partial charge in [-0.05, 0) is 49.8 Å². The summed E-state index contributed by atoms with van der Waals surface area (Å²) in [5.74, 6) is 0. The van der Waals surface area contributed by atoms with Crippen LogP contribution in [-0.2, 0) is 13.0 Å². The summed E-state index contributed by atoms with van der Waals surface area (Å²) >= 11 is 0. The van der Waals surface area contributed by atoms with Crippen LogP contribution in [0.1, 0.15) is 43.7 Å². The molecular weight excluding hydrogens is 232 g/mol. The second kappa shape index (κ2) is 6.06. The highest BCUT2D eigenvalue weighted by atomic mass is 15.2. The van der Waals surface area contributed by atoms with Crippen LogP contribution < -0.4 is 5.32 Å². The van der Waals surface area contributed by atoms with Gasteiger partial charge in [0.05, 0.1) is 0 Å². The van der Waals surface area contributed by atoms with Gasteiger partial charge in [-0.1, -0.05) is 31.2 Å². The minimum atomic E-state index is 0.701. The summed E-state index contributed by atoms with van der Waals surface area (Å²) in [6.45, 7) is 5.89. The molecule has 0 aromatic heterocycles. The quantitative estimate of drug-likeness (QED) is 0.873. The van der Waals surface area contributed by atoms with Crippen LogP contribution >= 0.6 is 0 Å². The molecule has 104 valence electrons. The van der Waals surface area contributed by atoms with Gasteiger partial charge in [0.2, 0.25) is 0 Å². The maximum Gasteiger partial charge on any atom is 0.0239 e. The van der Waals surface area contributed by atoms with Gasteiger partial charge in [-0.25, -0.2) is 0 Å². The molecule has 1 aliphatic heterocycles. The second-order valence-electron chi connectivity index (χ2n) is 6.09. The number of benzene rings is 1. The van der Waals surface area contributed by atoms with Crippen molar-refractivity contribution in [2.45, 2.75) is 57.7 Å². The maximum atomic E-state index is 3.71. The van der Waals surface area contributed by atoms with Gasteiger partial charge in [-0.15, -0.1) is 0 Å². The summed E-state index contributed by atoms with van der Waals surface area (Å²) in [5.41, 5.74) is 3.11. The van der Waals surface area contributed by atoms with Crippen LogP contribution in [0.4, 0.5) is 0 Å². The monoisotopic (exact) mass is 258 g/mol. The Balaban J connectivity index is 1.65. The van der Waals surface area contributed by atoms with E-state index in [4.69, 9.17) is 0 Å². The smallest absolute Gasteiger partial charge is 0.0239 e. The van der Waals surface area contributed by atoms with E-state index in [0.29, 0.717) is 6.04 Å². The number of nitrogens with one attached hydrogen (secondary N) is 1. The Bertz CT molecular complexity index is 411. The van der Waals surface area contributed by atoms with Crippen molar-refractivity contribution < 1.29 is 0 Å². The first-order valence-corrected chi connectivity index (χ1v) is 7.91. The summed E-state index contributed by atoms with van der Waals surface area (Å²) in [7, 11) is 0. The van der Waals surface area contributed by atoms with E-state index in [2.05, 4.69) is 41.4 Å². The predicted molar refractivity (Wildman–Crippen MR) is 80.3 cm³/mol. The third-order valence-electron chi connectivity index (χ3n) is 4.59. The Labute approximate surface area is 117 Å². The first-order valence-electron chi connectivity index (χ1n) is 7.91. The molecule has 1 N–H and O–H groups in total. The standard InChI is InChI=1S/C17H26N2/c1-2-17(12-18-16-9-10-16)19-11-5-8-14-6-3-4-7-15(14)13-19/h3-4,6-7,16-18H,2,5,8-13H2,1H3. The van der Waals surface area contributed by atoms with E-state index in [1.54, 1.807) is 11.1 Å². The first-order chi connectivity index (χ1) is 9.36. The lowest BCUT2D eigenvalue weighted by atomic mass is 10.0. The normalized spacial score (nSPS) is 21.7. The molecular formula is C17H26N2. The molecule has 1 aliphatic carbocycles. The molecule has 1 atom stereocenters. The molecule has 1 unspecified atom stereocenters. The molecule has 2 heteroatoms. The third-order valence-corrected chi connectivity index (χ3v) is 4.59.